The molecule has 0 N–H and O–H groups in total. The van der Waals surface area contributed by atoms with Crippen molar-refractivity contribution in [3.63, 3.8) is 0 Å². The summed E-state index contributed by atoms with van der Waals surface area (Å²) in [7, 11) is 6.57. The summed E-state index contributed by atoms with van der Waals surface area (Å²) in [5.41, 5.74) is 6.08. The molecule has 0 aromatic heterocycles. The Morgan fingerprint density at radius 3 is 0.986 bits per heavy atom. The molecular formula is C56H66Cl4N4O6. The van der Waals surface area contributed by atoms with Gasteiger partial charge in [0.15, 0.2) is 5.60 Å². The highest BCUT2D eigenvalue weighted by Gasteiger charge is 2.49. The SMILES string of the molecule is CCN(CC)c1ccc(C(=CC2(C=C(c3ccc(N(CC)CC)cc3OC)c3ccc(N(CC)CC)cc3OC)OC(=O)c3c(Cl)c(Cl)c(Cl)c(Cl)c32)c2ccc(N(CC)CC)cc2OC)c(OC)c1. The number of halogens is 4. The Hall–Kier alpha value is -5.39. The molecule has 14 heteroatoms. The lowest BCUT2D eigenvalue weighted by Gasteiger charge is -2.30. The summed E-state index contributed by atoms with van der Waals surface area (Å²) in [6.07, 6.45) is 3.75. The van der Waals surface area contributed by atoms with E-state index in [0.29, 0.717) is 56.4 Å². The molecule has 0 bridgehead atoms. The lowest BCUT2D eigenvalue weighted by molar-refractivity contribution is 0.0300. The molecule has 1 aliphatic rings. The first kappa shape index (κ1) is 54.0. The molecule has 10 nitrogen and oxygen atoms in total. The Bertz CT molecular complexity index is 2470. The number of cyclic esters (lactones) is 1. The Labute approximate surface area is 435 Å². The second kappa shape index (κ2) is 23.7. The number of benzene rings is 5. The topological polar surface area (TPSA) is 76.2 Å². The number of fused-ring (bicyclic) bond motifs is 1. The smallest absolute Gasteiger partial charge is 0.341 e. The first-order chi connectivity index (χ1) is 33.7. The average Bonchev–Trinajstić information content (AvgIpc) is 3.68. The van der Waals surface area contributed by atoms with E-state index >= 15 is 0 Å². The molecular weight excluding hydrogens is 966 g/mol. The molecule has 5 aromatic rings. The van der Waals surface area contributed by atoms with E-state index in [2.05, 4.69) is 99.3 Å². The molecule has 0 atom stereocenters. The molecule has 5 aromatic carbocycles. The van der Waals surface area contributed by atoms with Gasteiger partial charge in [0, 0.05) is 127 Å². The van der Waals surface area contributed by atoms with Gasteiger partial charge in [-0.15, -0.1) is 0 Å². The maximum atomic E-state index is 14.8. The highest BCUT2D eigenvalue weighted by atomic mass is 35.5. The van der Waals surface area contributed by atoms with Crippen LogP contribution in [0.15, 0.2) is 84.9 Å². The number of carbonyl (C=O) groups is 1. The molecule has 0 spiro atoms. The van der Waals surface area contributed by atoms with Crippen LogP contribution < -0.4 is 38.5 Å². The molecule has 1 aliphatic heterocycles. The predicted molar refractivity (Wildman–Crippen MR) is 294 cm³/mol. The van der Waals surface area contributed by atoms with Gasteiger partial charge in [-0.2, -0.15) is 0 Å². The number of carbonyl (C=O) groups excluding carboxylic acids is 1. The summed E-state index contributed by atoms with van der Waals surface area (Å²) in [5, 5.41) is -0.210. The fraction of sp³-hybridized carbons (Fsp3) is 0.375. The molecule has 0 amide bonds. The lowest BCUT2D eigenvalue weighted by atomic mass is 9.82. The Kier molecular flexibility index (Phi) is 18.3. The summed E-state index contributed by atoms with van der Waals surface area (Å²) in [6.45, 7) is 23.2. The quantitative estimate of drug-likeness (QED) is 0.0380. The van der Waals surface area contributed by atoms with E-state index < -0.39 is 11.6 Å². The Balaban J connectivity index is 1.88. The second-order valence-electron chi connectivity index (χ2n) is 16.5. The van der Waals surface area contributed by atoms with Gasteiger partial charge < -0.3 is 43.3 Å². The normalized spacial score (nSPS) is 12.4. The van der Waals surface area contributed by atoms with Crippen molar-refractivity contribution in [3.8, 4) is 23.0 Å². The summed E-state index contributed by atoms with van der Waals surface area (Å²) in [4.78, 5) is 23.8. The van der Waals surface area contributed by atoms with E-state index in [1.807, 2.05) is 60.7 Å². The molecule has 1 heterocycles. The van der Waals surface area contributed by atoms with Gasteiger partial charge >= 0.3 is 5.97 Å². The van der Waals surface area contributed by atoms with Crippen LogP contribution in [0.4, 0.5) is 22.7 Å². The molecule has 0 saturated carbocycles. The number of anilines is 4. The van der Waals surface area contributed by atoms with E-state index in [9.17, 15) is 4.79 Å². The van der Waals surface area contributed by atoms with Crippen molar-refractivity contribution in [2.45, 2.75) is 61.0 Å². The maximum Gasteiger partial charge on any atom is 0.341 e. The van der Waals surface area contributed by atoms with Gasteiger partial charge in [0.05, 0.1) is 54.1 Å². The second-order valence-corrected chi connectivity index (χ2v) is 18.0. The number of rotatable bonds is 22. The molecule has 374 valence electrons. The van der Waals surface area contributed by atoms with E-state index in [1.165, 1.54) is 0 Å². The Morgan fingerprint density at radius 1 is 0.457 bits per heavy atom. The predicted octanol–water partition coefficient (Wildman–Crippen LogP) is 14.3. The van der Waals surface area contributed by atoms with Crippen LogP contribution in [0.2, 0.25) is 20.1 Å². The Morgan fingerprint density at radius 2 is 0.729 bits per heavy atom. The number of hydrogen-bond acceptors (Lipinski definition) is 10. The van der Waals surface area contributed by atoms with Crippen molar-refractivity contribution in [2.24, 2.45) is 0 Å². The molecule has 0 unspecified atom stereocenters. The van der Waals surface area contributed by atoms with Crippen LogP contribution in [0, 0.1) is 0 Å². The molecule has 0 radical (unpaired) electrons. The van der Waals surface area contributed by atoms with Crippen molar-refractivity contribution in [1.82, 2.24) is 0 Å². The summed E-state index contributed by atoms with van der Waals surface area (Å²) in [5.74, 6) is 1.50. The van der Waals surface area contributed by atoms with Crippen LogP contribution in [0.3, 0.4) is 0 Å². The van der Waals surface area contributed by atoms with Crippen LogP contribution in [-0.2, 0) is 10.3 Å². The maximum absolute atomic E-state index is 14.8. The van der Waals surface area contributed by atoms with Crippen molar-refractivity contribution in [2.75, 3.05) is 100 Å². The van der Waals surface area contributed by atoms with E-state index in [0.717, 1.165) is 75.1 Å². The highest BCUT2D eigenvalue weighted by Crippen LogP contribution is 2.55. The minimum absolute atomic E-state index is 0.0106. The van der Waals surface area contributed by atoms with Gasteiger partial charge in [0.2, 0.25) is 0 Å². The highest BCUT2D eigenvalue weighted by molar-refractivity contribution is 6.53. The minimum Gasteiger partial charge on any atom is -0.496 e. The van der Waals surface area contributed by atoms with Crippen molar-refractivity contribution in [3.05, 3.63) is 138 Å². The third-order valence-electron chi connectivity index (χ3n) is 13.3. The van der Waals surface area contributed by atoms with Crippen molar-refractivity contribution < 1.29 is 28.5 Å². The lowest BCUT2D eigenvalue weighted by Crippen LogP contribution is -2.24. The fourth-order valence-corrected chi connectivity index (χ4v) is 10.5. The number of ether oxygens (including phenoxy) is 5. The fourth-order valence-electron chi connectivity index (χ4n) is 9.47. The first-order valence-electron chi connectivity index (χ1n) is 24.0. The standard InChI is InChI=1S/C56H66Cl4N4O6/c1-13-61(14-2)35-21-25-39(45(29-35)66-9)43(40-26-22-36(30-46(40)67-10)62(15-3)16-4)33-56(50-49(55(65)70-56)51(57)53(59)54(60)52(50)58)34-44(41-27-23-37(31-47(41)68-11)63(17-5)18-6)42-28-24-38(32-48(42)69-12)64(19-7)20-8/h21-34H,13-20H2,1-12H3. The summed E-state index contributed by atoms with van der Waals surface area (Å²) >= 11 is 28.2. The van der Waals surface area contributed by atoms with Gasteiger partial charge in [-0.3, -0.25) is 0 Å². The van der Waals surface area contributed by atoms with Crippen LogP contribution >= 0.6 is 46.4 Å². The zero-order valence-corrected chi connectivity index (χ0v) is 45.5. The first-order valence-corrected chi connectivity index (χ1v) is 25.5. The van der Waals surface area contributed by atoms with Crippen LogP contribution in [0.25, 0.3) is 11.1 Å². The average molecular weight is 1030 g/mol. The minimum atomic E-state index is -1.87. The van der Waals surface area contributed by atoms with Gasteiger partial charge in [-0.25, -0.2) is 4.79 Å². The van der Waals surface area contributed by atoms with Crippen molar-refractivity contribution >= 4 is 86.3 Å². The van der Waals surface area contributed by atoms with E-state index in [4.69, 9.17) is 70.1 Å². The zero-order valence-electron chi connectivity index (χ0n) is 42.5. The molecule has 0 aliphatic carbocycles. The molecule has 0 fully saturated rings. The van der Waals surface area contributed by atoms with Crippen molar-refractivity contribution in [1.29, 1.82) is 0 Å². The number of esters is 1. The van der Waals surface area contributed by atoms with E-state index in [1.54, 1.807) is 28.4 Å². The van der Waals surface area contributed by atoms with Crippen LogP contribution in [0.1, 0.15) is 93.6 Å². The molecule has 70 heavy (non-hydrogen) atoms. The monoisotopic (exact) mass is 1030 g/mol. The number of methoxy groups -OCH3 is 4. The van der Waals surface area contributed by atoms with Gasteiger partial charge in [-0.05, 0) is 127 Å². The van der Waals surface area contributed by atoms with E-state index in [-0.39, 0.29) is 31.2 Å². The van der Waals surface area contributed by atoms with Gasteiger partial charge in [0.1, 0.15) is 23.0 Å². The summed E-state index contributed by atoms with van der Waals surface area (Å²) in [6, 6.07) is 24.3. The summed E-state index contributed by atoms with van der Waals surface area (Å²) < 4.78 is 31.9. The third kappa shape index (κ3) is 10.3. The number of nitrogens with zero attached hydrogens (tertiary/aromatic N) is 4. The molecule has 0 saturated heterocycles. The number of hydrogen-bond donors (Lipinski definition) is 0. The van der Waals surface area contributed by atoms with Crippen LogP contribution in [-0.4, -0.2) is 86.8 Å². The van der Waals surface area contributed by atoms with Crippen LogP contribution in [0.5, 0.6) is 23.0 Å². The van der Waals surface area contributed by atoms with Gasteiger partial charge in [0.25, 0.3) is 0 Å². The van der Waals surface area contributed by atoms with Gasteiger partial charge in [-0.1, -0.05) is 46.4 Å². The largest absolute Gasteiger partial charge is 0.496 e. The molecule has 6 rings (SSSR count). The third-order valence-corrected chi connectivity index (χ3v) is 15.1. The zero-order chi connectivity index (χ0) is 51.0.